The summed E-state index contributed by atoms with van der Waals surface area (Å²) in [6, 6.07) is 6.54. The Labute approximate surface area is 197 Å². The molecule has 1 saturated heterocycles. The van der Waals surface area contributed by atoms with Gasteiger partial charge >= 0.3 is 0 Å². The molecule has 2 heterocycles. The molecule has 12 nitrogen and oxygen atoms in total. The van der Waals surface area contributed by atoms with Gasteiger partial charge in [-0.3, -0.25) is 4.79 Å². The fraction of sp³-hybridized carbons (Fsp3) is 0.348. The Morgan fingerprint density at radius 1 is 0.943 bits per heavy atom. The number of ether oxygens (including phenoxy) is 4. The maximum atomic E-state index is 13.4. The zero-order chi connectivity index (χ0) is 25.4. The standard InChI is InChI=1S/C23H24O12/c1-31-10-6-13-16(14(7-10)34-23-20(30)19(29)17(27)15(8-24)35-23)18(28)22(32-2)21(33-13)9-3-4-11(25)12(26)5-9/h3-7,15,17,19-20,23-27,29-30H,8H2,1-2H3/t15?,17-,19+,20?,23-/m1/s1. The van der Waals surface area contributed by atoms with Crippen molar-refractivity contribution in [3.63, 3.8) is 0 Å². The topological polar surface area (TPSA) is 189 Å². The second-order valence-electron chi connectivity index (χ2n) is 7.81. The van der Waals surface area contributed by atoms with E-state index in [0.717, 1.165) is 0 Å². The molecule has 1 aliphatic heterocycles. The minimum atomic E-state index is -1.72. The first-order chi connectivity index (χ1) is 16.7. The van der Waals surface area contributed by atoms with Crippen molar-refractivity contribution in [2.24, 2.45) is 0 Å². The summed E-state index contributed by atoms with van der Waals surface area (Å²) in [4.78, 5) is 13.4. The lowest BCUT2D eigenvalue weighted by Crippen LogP contribution is -2.60. The van der Waals surface area contributed by atoms with Gasteiger partial charge in [-0.05, 0) is 18.2 Å². The van der Waals surface area contributed by atoms with Crippen molar-refractivity contribution in [2.45, 2.75) is 30.7 Å². The van der Waals surface area contributed by atoms with Gasteiger partial charge in [0.25, 0.3) is 0 Å². The van der Waals surface area contributed by atoms with Crippen LogP contribution in [0.15, 0.2) is 39.5 Å². The molecule has 6 N–H and O–H groups in total. The van der Waals surface area contributed by atoms with Crippen LogP contribution in [0.1, 0.15) is 0 Å². The van der Waals surface area contributed by atoms with Gasteiger partial charge in [0.05, 0.1) is 20.8 Å². The van der Waals surface area contributed by atoms with E-state index in [1.807, 2.05) is 0 Å². The highest BCUT2D eigenvalue weighted by atomic mass is 16.7. The van der Waals surface area contributed by atoms with E-state index in [1.54, 1.807) is 0 Å². The van der Waals surface area contributed by atoms with E-state index >= 15 is 0 Å². The van der Waals surface area contributed by atoms with E-state index in [-0.39, 0.29) is 45.3 Å². The molecule has 1 aromatic heterocycles. The van der Waals surface area contributed by atoms with Crippen molar-refractivity contribution in [1.82, 2.24) is 0 Å². The van der Waals surface area contributed by atoms with Gasteiger partial charge in [-0.25, -0.2) is 0 Å². The Bertz CT molecular complexity index is 1280. The van der Waals surface area contributed by atoms with Crippen LogP contribution in [-0.4, -0.2) is 82.2 Å². The molecule has 0 bridgehead atoms. The Kier molecular flexibility index (Phi) is 6.74. The molecule has 0 amide bonds. The number of hydrogen-bond donors (Lipinski definition) is 6. The van der Waals surface area contributed by atoms with Crippen LogP contribution in [0, 0.1) is 0 Å². The predicted molar refractivity (Wildman–Crippen MR) is 119 cm³/mol. The second-order valence-corrected chi connectivity index (χ2v) is 7.81. The normalized spacial score (nSPS) is 24.3. The molecular formula is C23H24O12. The minimum absolute atomic E-state index is 0.0164. The number of fused-ring (bicyclic) bond motifs is 1. The monoisotopic (exact) mass is 492 g/mol. The molecule has 0 saturated carbocycles. The zero-order valence-electron chi connectivity index (χ0n) is 18.6. The Morgan fingerprint density at radius 2 is 1.69 bits per heavy atom. The van der Waals surface area contributed by atoms with Gasteiger partial charge in [0.15, 0.2) is 17.3 Å². The van der Waals surface area contributed by atoms with Crippen LogP contribution in [-0.2, 0) is 4.74 Å². The Balaban J connectivity index is 1.87. The fourth-order valence-corrected chi connectivity index (χ4v) is 3.78. The lowest BCUT2D eigenvalue weighted by atomic mass is 9.99. The predicted octanol–water partition coefficient (Wildman–Crippen LogP) is 0.0671. The van der Waals surface area contributed by atoms with Gasteiger partial charge in [-0.1, -0.05) is 0 Å². The molecule has 4 rings (SSSR count). The van der Waals surface area contributed by atoms with E-state index < -0.39 is 48.5 Å². The van der Waals surface area contributed by atoms with Crippen molar-refractivity contribution in [2.75, 3.05) is 20.8 Å². The summed E-state index contributed by atoms with van der Waals surface area (Å²) in [5.74, 6) is -1.06. The number of aliphatic hydroxyl groups excluding tert-OH is 4. The van der Waals surface area contributed by atoms with E-state index in [4.69, 9.17) is 23.4 Å². The molecule has 5 atom stereocenters. The largest absolute Gasteiger partial charge is 0.504 e. The second kappa shape index (κ2) is 9.60. The van der Waals surface area contributed by atoms with Crippen molar-refractivity contribution in [3.8, 4) is 40.1 Å². The van der Waals surface area contributed by atoms with Crippen molar-refractivity contribution < 1.29 is 54.0 Å². The molecule has 35 heavy (non-hydrogen) atoms. The molecule has 12 heteroatoms. The summed E-state index contributed by atoms with van der Waals surface area (Å²) in [5, 5.41) is 59.2. The maximum absolute atomic E-state index is 13.4. The molecule has 0 aliphatic carbocycles. The average Bonchev–Trinajstić information content (AvgIpc) is 2.85. The number of phenolic OH excluding ortho intramolecular Hbond substituents is 2. The molecule has 1 fully saturated rings. The third-order valence-electron chi connectivity index (χ3n) is 5.66. The van der Waals surface area contributed by atoms with Crippen molar-refractivity contribution in [3.05, 3.63) is 40.6 Å². The van der Waals surface area contributed by atoms with E-state index in [2.05, 4.69) is 0 Å². The Morgan fingerprint density at radius 3 is 2.31 bits per heavy atom. The summed E-state index contributed by atoms with van der Waals surface area (Å²) in [7, 11) is 2.60. The van der Waals surface area contributed by atoms with Crippen LogP contribution in [0.4, 0.5) is 0 Å². The van der Waals surface area contributed by atoms with E-state index in [1.165, 1.54) is 44.6 Å². The smallest absolute Gasteiger partial charge is 0.239 e. The highest BCUT2D eigenvalue weighted by Crippen LogP contribution is 2.39. The minimum Gasteiger partial charge on any atom is -0.504 e. The quantitative estimate of drug-likeness (QED) is 0.254. The number of phenols is 2. The van der Waals surface area contributed by atoms with Crippen molar-refractivity contribution in [1.29, 1.82) is 0 Å². The summed E-state index contributed by atoms with van der Waals surface area (Å²) in [5.41, 5.74) is -0.466. The van der Waals surface area contributed by atoms with Crippen LogP contribution in [0.25, 0.3) is 22.3 Å². The summed E-state index contributed by atoms with van der Waals surface area (Å²) < 4.78 is 27.5. The van der Waals surface area contributed by atoms with Gasteiger partial charge in [0, 0.05) is 17.7 Å². The molecule has 0 radical (unpaired) electrons. The van der Waals surface area contributed by atoms with E-state index in [9.17, 15) is 35.4 Å². The highest BCUT2D eigenvalue weighted by Gasteiger charge is 2.45. The summed E-state index contributed by atoms with van der Waals surface area (Å²) in [6.45, 7) is -0.664. The molecule has 2 unspecified atom stereocenters. The molecular weight excluding hydrogens is 468 g/mol. The van der Waals surface area contributed by atoms with Gasteiger partial charge in [0.2, 0.25) is 17.5 Å². The highest BCUT2D eigenvalue weighted by molar-refractivity contribution is 5.88. The number of hydrogen-bond acceptors (Lipinski definition) is 12. The lowest BCUT2D eigenvalue weighted by molar-refractivity contribution is -0.277. The number of methoxy groups -OCH3 is 2. The molecule has 3 aromatic rings. The number of rotatable bonds is 6. The van der Waals surface area contributed by atoms with Gasteiger partial charge in [-0.15, -0.1) is 0 Å². The van der Waals surface area contributed by atoms with E-state index in [0.29, 0.717) is 0 Å². The van der Waals surface area contributed by atoms with Crippen LogP contribution >= 0.6 is 0 Å². The van der Waals surface area contributed by atoms with Crippen LogP contribution in [0.2, 0.25) is 0 Å². The van der Waals surface area contributed by atoms with Crippen LogP contribution in [0.3, 0.4) is 0 Å². The van der Waals surface area contributed by atoms with Gasteiger partial charge in [-0.2, -0.15) is 0 Å². The third-order valence-corrected chi connectivity index (χ3v) is 5.66. The molecule has 2 aromatic carbocycles. The number of benzene rings is 2. The lowest BCUT2D eigenvalue weighted by Gasteiger charge is -2.39. The third kappa shape index (κ3) is 4.33. The fourth-order valence-electron chi connectivity index (χ4n) is 3.78. The van der Waals surface area contributed by atoms with Crippen LogP contribution < -0.4 is 19.6 Å². The molecule has 188 valence electrons. The number of aromatic hydroxyl groups is 2. The molecule has 1 aliphatic rings. The zero-order valence-corrected chi connectivity index (χ0v) is 18.6. The SMILES string of the molecule is COc1cc(O[C@@H]2OC(CO)[C@@H](O)[C@H](O)C2O)c2c(=O)c(OC)c(-c3ccc(O)c(O)c3)oc2c1. The summed E-state index contributed by atoms with van der Waals surface area (Å²) in [6.07, 6.45) is -7.80. The average molecular weight is 492 g/mol. The first kappa shape index (κ1) is 24.6. The first-order valence-electron chi connectivity index (χ1n) is 10.4. The molecule has 0 spiro atoms. The van der Waals surface area contributed by atoms with Crippen molar-refractivity contribution >= 4 is 11.0 Å². The van der Waals surface area contributed by atoms with Gasteiger partial charge < -0.3 is 54.0 Å². The Hall–Kier alpha value is -3.55. The first-order valence-corrected chi connectivity index (χ1v) is 10.4. The number of aliphatic hydroxyl groups is 4. The summed E-state index contributed by atoms with van der Waals surface area (Å²) >= 11 is 0. The van der Waals surface area contributed by atoms with Crippen LogP contribution in [0.5, 0.6) is 28.7 Å². The maximum Gasteiger partial charge on any atom is 0.239 e. The van der Waals surface area contributed by atoms with Gasteiger partial charge in [0.1, 0.15) is 46.9 Å².